The van der Waals surface area contributed by atoms with Gasteiger partial charge < -0.3 is 15.5 Å². The molecule has 0 aromatic rings. The molecule has 1 aliphatic rings. The summed E-state index contributed by atoms with van der Waals surface area (Å²) in [5.41, 5.74) is 0. The molecule has 0 aliphatic carbocycles. The Labute approximate surface area is 144 Å². The Morgan fingerprint density at radius 3 is 1.87 bits per heavy atom. The number of aliphatic hydroxyl groups excluding tert-OH is 2. The first kappa shape index (κ1) is 20.9. The maximum atomic E-state index is 10.2. The average Bonchev–Trinajstić information content (AvgIpc) is 2.57. The molecule has 1 saturated heterocycles. The second-order valence-electron chi connectivity index (χ2n) is 7.46. The van der Waals surface area contributed by atoms with E-state index in [1.807, 2.05) is 0 Å². The van der Waals surface area contributed by atoms with E-state index in [9.17, 15) is 10.2 Å². The summed E-state index contributed by atoms with van der Waals surface area (Å²) in [6.45, 7) is 3.26. The third kappa shape index (κ3) is 9.69. The molecule has 3 N–H and O–H groups in total. The first-order valence-corrected chi connectivity index (χ1v) is 10.3. The molecule has 3 atom stereocenters. The molecule has 23 heavy (non-hydrogen) atoms. The summed E-state index contributed by atoms with van der Waals surface area (Å²) in [4.78, 5) is 0. The molecular weight excluding hydrogens is 286 g/mol. The summed E-state index contributed by atoms with van der Waals surface area (Å²) in [6.07, 6.45) is 18.4. The van der Waals surface area contributed by atoms with Crippen molar-refractivity contribution in [3.63, 3.8) is 0 Å². The zero-order valence-electron chi connectivity index (χ0n) is 15.4. The van der Waals surface area contributed by atoms with E-state index in [0.717, 1.165) is 19.4 Å². The van der Waals surface area contributed by atoms with Crippen molar-refractivity contribution in [2.24, 2.45) is 5.92 Å². The SMILES string of the molecule is CCCCCCCCCCCCCC[C@H]1CCN[C@@H](CO)[C@@H]1O. The van der Waals surface area contributed by atoms with Crippen LogP contribution in [0.4, 0.5) is 0 Å². The van der Waals surface area contributed by atoms with E-state index in [1.54, 1.807) is 0 Å². The lowest BCUT2D eigenvalue weighted by atomic mass is 9.85. The molecular formula is C20H41NO2. The standard InChI is InChI=1S/C20H41NO2/c1-2-3-4-5-6-7-8-9-10-11-12-13-14-18-15-16-21-19(17-22)20(18)23/h18-23H,2-17H2,1H3/t18-,19-,20+/m0/s1. The van der Waals surface area contributed by atoms with Crippen LogP contribution in [0.2, 0.25) is 0 Å². The fourth-order valence-corrected chi connectivity index (χ4v) is 3.81. The molecule has 0 spiro atoms. The maximum absolute atomic E-state index is 10.2. The van der Waals surface area contributed by atoms with Gasteiger partial charge in [-0.1, -0.05) is 84.0 Å². The molecule has 1 heterocycles. The zero-order chi connectivity index (χ0) is 16.8. The van der Waals surface area contributed by atoms with Crippen LogP contribution in [-0.4, -0.2) is 35.5 Å². The van der Waals surface area contributed by atoms with Crippen LogP contribution in [0.25, 0.3) is 0 Å². The maximum Gasteiger partial charge on any atom is 0.0744 e. The Morgan fingerprint density at radius 2 is 1.35 bits per heavy atom. The highest BCUT2D eigenvalue weighted by Crippen LogP contribution is 2.23. The van der Waals surface area contributed by atoms with E-state index in [2.05, 4.69) is 12.2 Å². The second-order valence-corrected chi connectivity index (χ2v) is 7.46. The minimum atomic E-state index is -0.360. The third-order valence-electron chi connectivity index (χ3n) is 5.44. The van der Waals surface area contributed by atoms with Crippen molar-refractivity contribution in [1.82, 2.24) is 5.32 Å². The van der Waals surface area contributed by atoms with Gasteiger partial charge >= 0.3 is 0 Å². The van der Waals surface area contributed by atoms with Crippen molar-refractivity contribution in [1.29, 1.82) is 0 Å². The Bertz CT molecular complexity index is 260. The lowest BCUT2D eigenvalue weighted by Crippen LogP contribution is -2.51. The van der Waals surface area contributed by atoms with Crippen LogP contribution in [0.15, 0.2) is 0 Å². The smallest absolute Gasteiger partial charge is 0.0744 e. The van der Waals surface area contributed by atoms with Crippen molar-refractivity contribution < 1.29 is 10.2 Å². The van der Waals surface area contributed by atoms with Gasteiger partial charge in [0.2, 0.25) is 0 Å². The molecule has 1 aliphatic heterocycles. The predicted octanol–water partition coefficient (Wildman–Crippen LogP) is 4.41. The fourth-order valence-electron chi connectivity index (χ4n) is 3.81. The van der Waals surface area contributed by atoms with Gasteiger partial charge in [-0.15, -0.1) is 0 Å². The molecule has 0 aromatic carbocycles. The molecule has 1 fully saturated rings. The van der Waals surface area contributed by atoms with Gasteiger partial charge in [0.25, 0.3) is 0 Å². The largest absolute Gasteiger partial charge is 0.395 e. The van der Waals surface area contributed by atoms with Crippen molar-refractivity contribution in [2.75, 3.05) is 13.2 Å². The molecule has 3 nitrogen and oxygen atoms in total. The van der Waals surface area contributed by atoms with Crippen molar-refractivity contribution in [2.45, 2.75) is 109 Å². The van der Waals surface area contributed by atoms with Crippen LogP contribution in [0.3, 0.4) is 0 Å². The highest BCUT2D eigenvalue weighted by Gasteiger charge is 2.30. The van der Waals surface area contributed by atoms with Crippen molar-refractivity contribution in [3.05, 3.63) is 0 Å². The van der Waals surface area contributed by atoms with Crippen LogP contribution < -0.4 is 5.32 Å². The number of hydrogen-bond donors (Lipinski definition) is 3. The highest BCUT2D eigenvalue weighted by molar-refractivity contribution is 4.86. The summed E-state index contributed by atoms with van der Waals surface area (Å²) in [5.74, 6) is 0.386. The topological polar surface area (TPSA) is 52.5 Å². The molecule has 0 unspecified atom stereocenters. The van der Waals surface area contributed by atoms with Gasteiger partial charge in [-0.3, -0.25) is 0 Å². The monoisotopic (exact) mass is 327 g/mol. The van der Waals surface area contributed by atoms with Crippen LogP contribution in [-0.2, 0) is 0 Å². The molecule has 0 saturated carbocycles. The van der Waals surface area contributed by atoms with E-state index in [4.69, 9.17) is 0 Å². The molecule has 3 heteroatoms. The quantitative estimate of drug-likeness (QED) is 0.414. The van der Waals surface area contributed by atoms with Gasteiger partial charge in [0.15, 0.2) is 0 Å². The second kappa shape index (κ2) is 14.2. The predicted molar refractivity (Wildman–Crippen MR) is 98.7 cm³/mol. The Morgan fingerprint density at radius 1 is 0.826 bits per heavy atom. The van der Waals surface area contributed by atoms with Crippen LogP contribution >= 0.6 is 0 Å². The first-order chi connectivity index (χ1) is 11.3. The summed E-state index contributed by atoms with van der Waals surface area (Å²) in [5, 5.41) is 22.6. The van der Waals surface area contributed by atoms with Gasteiger partial charge in [0.05, 0.1) is 18.8 Å². The number of aliphatic hydroxyl groups is 2. The van der Waals surface area contributed by atoms with Gasteiger partial charge in [-0.2, -0.15) is 0 Å². The Hall–Kier alpha value is -0.120. The molecule has 0 bridgehead atoms. The summed E-state index contributed by atoms with van der Waals surface area (Å²) < 4.78 is 0. The van der Waals surface area contributed by atoms with Gasteiger partial charge in [0.1, 0.15) is 0 Å². The molecule has 0 amide bonds. The van der Waals surface area contributed by atoms with Crippen molar-refractivity contribution in [3.8, 4) is 0 Å². The zero-order valence-corrected chi connectivity index (χ0v) is 15.4. The molecule has 1 rings (SSSR count). The fraction of sp³-hybridized carbons (Fsp3) is 1.00. The summed E-state index contributed by atoms with van der Waals surface area (Å²) in [7, 11) is 0. The van der Waals surface area contributed by atoms with Crippen LogP contribution in [0.5, 0.6) is 0 Å². The van der Waals surface area contributed by atoms with E-state index >= 15 is 0 Å². The number of rotatable bonds is 14. The van der Waals surface area contributed by atoms with E-state index in [-0.39, 0.29) is 18.8 Å². The number of nitrogens with one attached hydrogen (secondary N) is 1. The van der Waals surface area contributed by atoms with Crippen molar-refractivity contribution >= 4 is 0 Å². The number of piperidine rings is 1. The first-order valence-electron chi connectivity index (χ1n) is 10.3. The molecule has 138 valence electrons. The highest BCUT2D eigenvalue weighted by atomic mass is 16.3. The summed E-state index contributed by atoms with van der Waals surface area (Å²) in [6, 6.07) is -0.105. The lowest BCUT2D eigenvalue weighted by Gasteiger charge is -2.34. The van der Waals surface area contributed by atoms with Gasteiger partial charge in [-0.05, 0) is 25.3 Å². The van der Waals surface area contributed by atoms with Crippen LogP contribution in [0, 0.1) is 5.92 Å². The van der Waals surface area contributed by atoms with E-state index < -0.39 is 0 Å². The normalized spacial score (nSPS) is 24.9. The van der Waals surface area contributed by atoms with E-state index in [0.29, 0.717) is 5.92 Å². The molecule has 0 radical (unpaired) electrons. The van der Waals surface area contributed by atoms with E-state index in [1.165, 1.54) is 77.0 Å². The average molecular weight is 328 g/mol. The minimum Gasteiger partial charge on any atom is -0.395 e. The molecule has 0 aromatic heterocycles. The third-order valence-corrected chi connectivity index (χ3v) is 5.44. The Kier molecular flexibility index (Phi) is 13.0. The summed E-state index contributed by atoms with van der Waals surface area (Å²) >= 11 is 0. The number of hydrogen-bond acceptors (Lipinski definition) is 3. The van der Waals surface area contributed by atoms with Gasteiger partial charge in [-0.25, -0.2) is 0 Å². The van der Waals surface area contributed by atoms with Gasteiger partial charge in [0, 0.05) is 0 Å². The van der Waals surface area contributed by atoms with Crippen LogP contribution in [0.1, 0.15) is 96.8 Å². The minimum absolute atomic E-state index is 0.0517. The Balaban J connectivity index is 1.86. The number of unbranched alkanes of at least 4 members (excludes halogenated alkanes) is 11. The lowest BCUT2D eigenvalue weighted by molar-refractivity contribution is 0.0155.